The van der Waals surface area contributed by atoms with Crippen LogP contribution < -0.4 is 4.74 Å². The highest BCUT2D eigenvalue weighted by molar-refractivity contribution is 5.99. The summed E-state index contributed by atoms with van der Waals surface area (Å²) in [4.78, 5) is 23.4. The van der Waals surface area contributed by atoms with E-state index in [9.17, 15) is 4.79 Å². The van der Waals surface area contributed by atoms with Gasteiger partial charge in [-0.2, -0.15) is 0 Å². The van der Waals surface area contributed by atoms with Gasteiger partial charge in [0.15, 0.2) is 0 Å². The number of aromatic amines is 1. The molecule has 152 valence electrons. The van der Waals surface area contributed by atoms with Crippen molar-refractivity contribution in [3.05, 3.63) is 72.8 Å². The second-order valence-corrected chi connectivity index (χ2v) is 7.64. The summed E-state index contributed by atoms with van der Waals surface area (Å²) in [7, 11) is 0. The Labute approximate surface area is 174 Å². The van der Waals surface area contributed by atoms with Crippen molar-refractivity contribution in [2.24, 2.45) is 0 Å². The molecule has 0 aliphatic carbocycles. The van der Waals surface area contributed by atoms with Crippen LogP contribution in [0.15, 0.2) is 65.8 Å². The van der Waals surface area contributed by atoms with Gasteiger partial charge in [-0.05, 0) is 43.2 Å². The molecule has 30 heavy (non-hydrogen) atoms. The van der Waals surface area contributed by atoms with E-state index in [1.165, 1.54) is 0 Å². The Morgan fingerprint density at radius 2 is 2.23 bits per heavy atom. The number of fused-ring (bicyclic) bond motifs is 2. The van der Waals surface area contributed by atoms with Crippen molar-refractivity contribution in [2.45, 2.75) is 18.8 Å². The molecule has 0 bridgehead atoms. The van der Waals surface area contributed by atoms with Crippen LogP contribution in [0.2, 0.25) is 0 Å². The number of nitrogens with zero attached hydrogens (tertiary/aromatic N) is 2. The van der Waals surface area contributed by atoms with E-state index < -0.39 is 0 Å². The van der Waals surface area contributed by atoms with E-state index >= 15 is 0 Å². The van der Waals surface area contributed by atoms with Gasteiger partial charge < -0.3 is 19.0 Å². The Hall–Kier alpha value is -3.54. The number of ether oxygens (including phenoxy) is 1. The Balaban J connectivity index is 1.41. The lowest BCUT2D eigenvalue weighted by Gasteiger charge is -2.32. The summed E-state index contributed by atoms with van der Waals surface area (Å²) in [5.74, 6) is 1.76. The number of H-pyrrole nitrogens is 1. The van der Waals surface area contributed by atoms with Crippen LogP contribution in [-0.4, -0.2) is 40.5 Å². The molecule has 1 atom stereocenters. The molecule has 1 fully saturated rings. The minimum absolute atomic E-state index is 0.0161. The fourth-order valence-corrected chi connectivity index (χ4v) is 4.16. The number of imidazole rings is 1. The molecule has 0 radical (unpaired) electrons. The summed E-state index contributed by atoms with van der Waals surface area (Å²) < 4.78 is 11.3. The predicted octanol–water partition coefficient (Wildman–Crippen LogP) is 4.89. The van der Waals surface area contributed by atoms with E-state index in [4.69, 9.17) is 14.1 Å². The molecule has 3 heterocycles. The van der Waals surface area contributed by atoms with Crippen molar-refractivity contribution in [2.75, 3.05) is 19.7 Å². The minimum Gasteiger partial charge on any atom is -0.489 e. The average molecular weight is 401 g/mol. The molecule has 1 N–H and O–H groups in total. The van der Waals surface area contributed by atoms with Gasteiger partial charge in [0.1, 0.15) is 23.8 Å². The Kier molecular flexibility index (Phi) is 4.75. The molecule has 6 nitrogen and oxygen atoms in total. The van der Waals surface area contributed by atoms with Gasteiger partial charge >= 0.3 is 0 Å². The summed E-state index contributed by atoms with van der Waals surface area (Å²) in [6, 6.07) is 13.5. The normalized spacial score (nSPS) is 16.8. The standard InChI is InChI=1S/C24H23N3O3/c1-2-11-29-21-13-17(14-22-18(21)9-12-30-22)24(28)27-10-5-6-16(15-27)23-25-19-7-3-4-8-20(19)26-23/h2-4,7-9,12-14,16H,1,5-6,10-11,15H2,(H,25,26). The van der Waals surface area contributed by atoms with Crippen molar-refractivity contribution < 1.29 is 13.9 Å². The number of nitrogens with one attached hydrogen (secondary N) is 1. The summed E-state index contributed by atoms with van der Waals surface area (Å²) in [6.07, 6.45) is 5.24. The number of carbonyl (C=O) groups is 1. The monoisotopic (exact) mass is 401 g/mol. The molecule has 2 aromatic heterocycles. The van der Waals surface area contributed by atoms with Gasteiger partial charge in [-0.25, -0.2) is 4.98 Å². The molecule has 0 spiro atoms. The highest BCUT2D eigenvalue weighted by Crippen LogP contribution is 2.31. The molecule has 2 aromatic carbocycles. The SMILES string of the molecule is C=CCOc1cc(C(=O)N2CCCC(c3nc4ccccc4[nH]3)C2)cc2occc12. The van der Waals surface area contributed by atoms with Crippen LogP contribution in [0.3, 0.4) is 0 Å². The van der Waals surface area contributed by atoms with E-state index in [2.05, 4.69) is 11.6 Å². The van der Waals surface area contributed by atoms with E-state index in [0.717, 1.165) is 41.6 Å². The van der Waals surface area contributed by atoms with Crippen molar-refractivity contribution in [3.63, 3.8) is 0 Å². The number of piperidine rings is 1. The molecule has 6 heteroatoms. The van der Waals surface area contributed by atoms with Crippen LogP contribution in [0.1, 0.15) is 34.9 Å². The fourth-order valence-electron chi connectivity index (χ4n) is 4.16. The second kappa shape index (κ2) is 7.71. The smallest absolute Gasteiger partial charge is 0.254 e. The second-order valence-electron chi connectivity index (χ2n) is 7.64. The van der Waals surface area contributed by atoms with E-state index in [1.54, 1.807) is 24.5 Å². The molecule has 1 amide bonds. The number of hydrogen-bond acceptors (Lipinski definition) is 4. The number of para-hydroxylation sites is 2. The van der Waals surface area contributed by atoms with Crippen molar-refractivity contribution >= 4 is 27.9 Å². The van der Waals surface area contributed by atoms with Gasteiger partial charge in [0.05, 0.1) is 22.7 Å². The van der Waals surface area contributed by atoms with Gasteiger partial charge in [0.2, 0.25) is 0 Å². The summed E-state index contributed by atoms with van der Waals surface area (Å²) in [6.45, 7) is 5.43. The van der Waals surface area contributed by atoms with Crippen molar-refractivity contribution in [3.8, 4) is 5.75 Å². The predicted molar refractivity (Wildman–Crippen MR) is 116 cm³/mol. The maximum atomic E-state index is 13.3. The lowest BCUT2D eigenvalue weighted by Crippen LogP contribution is -2.39. The molecule has 1 saturated heterocycles. The zero-order chi connectivity index (χ0) is 20.5. The highest BCUT2D eigenvalue weighted by atomic mass is 16.5. The molecule has 1 aliphatic rings. The Bertz CT molecular complexity index is 1190. The third kappa shape index (κ3) is 3.34. The molecule has 4 aromatic rings. The third-order valence-electron chi connectivity index (χ3n) is 5.64. The van der Waals surface area contributed by atoms with Gasteiger partial charge in [-0.15, -0.1) is 0 Å². The molecule has 0 saturated carbocycles. The van der Waals surface area contributed by atoms with Crippen LogP contribution in [0.25, 0.3) is 22.0 Å². The van der Waals surface area contributed by atoms with Crippen LogP contribution in [0.4, 0.5) is 0 Å². The van der Waals surface area contributed by atoms with Gasteiger partial charge in [-0.3, -0.25) is 4.79 Å². The number of furan rings is 1. The number of rotatable bonds is 5. The minimum atomic E-state index is -0.0161. The summed E-state index contributed by atoms with van der Waals surface area (Å²) in [5.41, 5.74) is 3.21. The average Bonchev–Trinajstić information content (AvgIpc) is 3.44. The first kappa shape index (κ1) is 18.5. The topological polar surface area (TPSA) is 71.4 Å². The van der Waals surface area contributed by atoms with Crippen LogP contribution in [0, 0.1) is 0 Å². The molecule has 1 aliphatic heterocycles. The maximum absolute atomic E-state index is 13.3. The molecule has 5 rings (SSSR count). The van der Waals surface area contributed by atoms with Gasteiger partial charge in [0, 0.05) is 24.6 Å². The zero-order valence-corrected chi connectivity index (χ0v) is 16.6. The largest absolute Gasteiger partial charge is 0.489 e. The molecule has 1 unspecified atom stereocenters. The van der Waals surface area contributed by atoms with E-state index in [0.29, 0.717) is 30.0 Å². The number of benzene rings is 2. The number of carbonyl (C=O) groups excluding carboxylic acids is 1. The Morgan fingerprint density at radius 3 is 3.10 bits per heavy atom. The Morgan fingerprint density at radius 1 is 1.33 bits per heavy atom. The number of hydrogen-bond donors (Lipinski definition) is 1. The number of likely N-dealkylation sites (tertiary alicyclic amines) is 1. The van der Waals surface area contributed by atoms with Gasteiger partial charge in [0.25, 0.3) is 5.91 Å². The number of amides is 1. The first-order chi connectivity index (χ1) is 14.7. The van der Waals surface area contributed by atoms with Crippen LogP contribution in [0.5, 0.6) is 5.75 Å². The first-order valence-corrected chi connectivity index (χ1v) is 10.2. The quantitative estimate of drug-likeness (QED) is 0.483. The summed E-state index contributed by atoms with van der Waals surface area (Å²) >= 11 is 0. The highest BCUT2D eigenvalue weighted by Gasteiger charge is 2.28. The maximum Gasteiger partial charge on any atom is 0.254 e. The van der Waals surface area contributed by atoms with Crippen LogP contribution >= 0.6 is 0 Å². The lowest BCUT2D eigenvalue weighted by molar-refractivity contribution is 0.0704. The van der Waals surface area contributed by atoms with E-state index in [1.807, 2.05) is 35.2 Å². The lowest BCUT2D eigenvalue weighted by atomic mass is 9.96. The van der Waals surface area contributed by atoms with Crippen LogP contribution in [-0.2, 0) is 0 Å². The van der Waals surface area contributed by atoms with Gasteiger partial charge in [-0.1, -0.05) is 24.8 Å². The molecular weight excluding hydrogens is 378 g/mol. The van der Waals surface area contributed by atoms with Crippen molar-refractivity contribution in [1.82, 2.24) is 14.9 Å². The molecular formula is C24H23N3O3. The first-order valence-electron chi connectivity index (χ1n) is 10.2. The fraction of sp³-hybridized carbons (Fsp3) is 0.250. The third-order valence-corrected chi connectivity index (χ3v) is 5.64. The summed E-state index contributed by atoms with van der Waals surface area (Å²) in [5, 5.41) is 0.854. The van der Waals surface area contributed by atoms with Crippen molar-refractivity contribution in [1.29, 1.82) is 0 Å². The van der Waals surface area contributed by atoms with E-state index in [-0.39, 0.29) is 11.8 Å². The zero-order valence-electron chi connectivity index (χ0n) is 16.6. The number of aromatic nitrogens is 2.